The van der Waals surface area contributed by atoms with Crippen molar-refractivity contribution in [2.45, 2.75) is 104 Å². The van der Waals surface area contributed by atoms with Gasteiger partial charge in [-0.2, -0.15) is 8.42 Å². The van der Waals surface area contributed by atoms with Crippen LogP contribution in [0.4, 0.5) is 0 Å². The quantitative estimate of drug-likeness (QED) is 0.271. The molecule has 0 saturated carbocycles. The number of unbranched alkanes of at least 4 members (excludes halogenated alkanes) is 9. The SMILES string of the molecule is CCCCCCCCCCCCC(C)(OCC)OS(=O)(=O)OCC.O. The zero-order valence-electron chi connectivity index (χ0n) is 16.6. The third-order valence-corrected chi connectivity index (χ3v) is 5.06. The van der Waals surface area contributed by atoms with Crippen LogP contribution in [0.1, 0.15) is 98.3 Å². The van der Waals surface area contributed by atoms with Crippen LogP contribution in [0, 0.1) is 0 Å². The van der Waals surface area contributed by atoms with Crippen LogP contribution < -0.4 is 0 Å². The monoisotopic (exact) mass is 384 g/mol. The lowest BCUT2D eigenvalue weighted by atomic mass is 10.0. The normalized spacial score (nSPS) is 14.1. The van der Waals surface area contributed by atoms with Gasteiger partial charge in [0, 0.05) is 13.0 Å². The summed E-state index contributed by atoms with van der Waals surface area (Å²) in [6.45, 7) is 7.80. The van der Waals surface area contributed by atoms with Crippen LogP contribution in [0.25, 0.3) is 0 Å². The third-order valence-electron chi connectivity index (χ3n) is 3.97. The third kappa shape index (κ3) is 15.7. The molecule has 0 spiro atoms. The zero-order valence-corrected chi connectivity index (χ0v) is 17.5. The molecule has 0 fully saturated rings. The first-order valence-electron chi connectivity index (χ1n) is 9.63. The van der Waals surface area contributed by atoms with Gasteiger partial charge in [-0.05, 0) is 27.2 Å². The predicted octanol–water partition coefficient (Wildman–Crippen LogP) is 4.52. The van der Waals surface area contributed by atoms with E-state index in [2.05, 4.69) is 11.1 Å². The van der Waals surface area contributed by atoms with Crippen LogP contribution in [0.2, 0.25) is 0 Å². The maximum Gasteiger partial charge on any atom is 0.402 e. The summed E-state index contributed by atoms with van der Waals surface area (Å²) in [4.78, 5) is 0. The summed E-state index contributed by atoms with van der Waals surface area (Å²) in [5.41, 5.74) is 0. The van der Waals surface area contributed by atoms with Crippen molar-refractivity contribution >= 4 is 10.4 Å². The molecule has 0 radical (unpaired) electrons. The molecular weight excluding hydrogens is 344 g/mol. The Morgan fingerprint density at radius 3 is 1.68 bits per heavy atom. The van der Waals surface area contributed by atoms with Gasteiger partial charge >= 0.3 is 10.4 Å². The molecule has 0 aromatic heterocycles. The summed E-state index contributed by atoms with van der Waals surface area (Å²) in [6, 6.07) is 0. The minimum Gasteiger partial charge on any atom is -0.412 e. The van der Waals surface area contributed by atoms with Crippen molar-refractivity contribution in [3.63, 3.8) is 0 Å². The van der Waals surface area contributed by atoms with Gasteiger partial charge in [-0.1, -0.05) is 64.7 Å². The lowest BCUT2D eigenvalue weighted by molar-refractivity contribution is -0.173. The van der Waals surface area contributed by atoms with Gasteiger partial charge in [0.25, 0.3) is 0 Å². The second-order valence-electron chi connectivity index (χ2n) is 6.40. The Bertz CT molecular complexity index is 385. The predicted molar refractivity (Wildman–Crippen MR) is 102 cm³/mol. The van der Waals surface area contributed by atoms with Gasteiger partial charge < -0.3 is 10.2 Å². The molecular formula is C18H40O6S. The molecule has 0 bridgehead atoms. The van der Waals surface area contributed by atoms with E-state index in [-0.39, 0.29) is 12.1 Å². The van der Waals surface area contributed by atoms with Crippen molar-refractivity contribution in [1.82, 2.24) is 0 Å². The van der Waals surface area contributed by atoms with Crippen LogP contribution in [-0.4, -0.2) is 32.9 Å². The molecule has 0 aliphatic carbocycles. The summed E-state index contributed by atoms with van der Waals surface area (Å²) < 4.78 is 38.6. The highest BCUT2D eigenvalue weighted by Gasteiger charge is 2.32. The fourth-order valence-electron chi connectivity index (χ4n) is 2.76. The Morgan fingerprint density at radius 2 is 1.24 bits per heavy atom. The van der Waals surface area contributed by atoms with Crippen molar-refractivity contribution in [1.29, 1.82) is 0 Å². The van der Waals surface area contributed by atoms with E-state index < -0.39 is 16.2 Å². The van der Waals surface area contributed by atoms with Crippen molar-refractivity contribution in [2.24, 2.45) is 0 Å². The first-order chi connectivity index (χ1) is 11.4. The minimum absolute atomic E-state index is 0. The van der Waals surface area contributed by atoms with Crippen LogP contribution in [0.5, 0.6) is 0 Å². The lowest BCUT2D eigenvalue weighted by Crippen LogP contribution is -2.35. The van der Waals surface area contributed by atoms with Crippen molar-refractivity contribution in [3.8, 4) is 0 Å². The molecule has 0 amide bonds. The molecule has 0 aromatic rings. The molecule has 0 rings (SSSR count). The smallest absolute Gasteiger partial charge is 0.402 e. The van der Waals surface area contributed by atoms with E-state index in [0.717, 1.165) is 12.8 Å². The average Bonchev–Trinajstić information content (AvgIpc) is 2.48. The molecule has 7 heteroatoms. The molecule has 0 aliphatic rings. The topological polar surface area (TPSA) is 93.3 Å². The van der Waals surface area contributed by atoms with E-state index in [0.29, 0.717) is 13.0 Å². The highest BCUT2D eigenvalue weighted by Crippen LogP contribution is 2.24. The number of hydrogen-bond acceptors (Lipinski definition) is 5. The summed E-state index contributed by atoms with van der Waals surface area (Å²) in [5.74, 6) is -1.14. The molecule has 1 unspecified atom stereocenters. The van der Waals surface area contributed by atoms with E-state index in [9.17, 15) is 8.42 Å². The Labute approximate surface area is 155 Å². The van der Waals surface area contributed by atoms with Crippen LogP contribution in [-0.2, 0) is 23.5 Å². The molecule has 25 heavy (non-hydrogen) atoms. The second-order valence-corrected chi connectivity index (χ2v) is 7.62. The first kappa shape index (κ1) is 27.0. The van der Waals surface area contributed by atoms with Gasteiger partial charge in [-0.25, -0.2) is 8.37 Å². The van der Waals surface area contributed by atoms with Gasteiger partial charge in [0.1, 0.15) is 0 Å². The molecule has 0 saturated heterocycles. The fraction of sp³-hybridized carbons (Fsp3) is 1.00. The molecule has 2 N–H and O–H groups in total. The van der Waals surface area contributed by atoms with Gasteiger partial charge in [-0.15, -0.1) is 0 Å². The molecule has 154 valence electrons. The van der Waals surface area contributed by atoms with Crippen LogP contribution >= 0.6 is 0 Å². The number of rotatable bonds is 17. The van der Waals surface area contributed by atoms with Crippen molar-refractivity contribution < 1.29 is 27.0 Å². The van der Waals surface area contributed by atoms with Crippen molar-refractivity contribution in [2.75, 3.05) is 13.2 Å². The second kappa shape index (κ2) is 16.0. The highest BCUT2D eigenvalue weighted by atomic mass is 32.3. The summed E-state index contributed by atoms with van der Waals surface area (Å²) in [5, 5.41) is 0. The molecule has 0 aliphatic heterocycles. The largest absolute Gasteiger partial charge is 0.412 e. The Kier molecular flexibility index (Phi) is 17.3. The Hall–Kier alpha value is -0.210. The van der Waals surface area contributed by atoms with Crippen LogP contribution in [0.15, 0.2) is 0 Å². The average molecular weight is 385 g/mol. The number of hydrogen-bond donors (Lipinski definition) is 0. The zero-order chi connectivity index (χ0) is 18.3. The summed E-state index contributed by atoms with van der Waals surface area (Å²) in [7, 11) is -4.00. The minimum atomic E-state index is -4.00. The van der Waals surface area contributed by atoms with Gasteiger partial charge in [-0.3, -0.25) is 0 Å². The summed E-state index contributed by atoms with van der Waals surface area (Å²) >= 11 is 0. The van der Waals surface area contributed by atoms with Crippen molar-refractivity contribution in [3.05, 3.63) is 0 Å². The molecule has 1 atom stereocenters. The maximum absolute atomic E-state index is 11.7. The molecule has 0 aromatic carbocycles. The van der Waals surface area contributed by atoms with E-state index in [1.807, 2.05) is 6.92 Å². The molecule has 0 heterocycles. The first-order valence-corrected chi connectivity index (χ1v) is 11.0. The molecule has 6 nitrogen and oxygen atoms in total. The van der Waals surface area contributed by atoms with Gasteiger partial charge in [0.15, 0.2) is 5.79 Å². The Balaban J connectivity index is 0. The summed E-state index contributed by atoms with van der Waals surface area (Å²) in [6.07, 6.45) is 12.9. The Morgan fingerprint density at radius 1 is 0.760 bits per heavy atom. The van der Waals surface area contributed by atoms with E-state index in [1.54, 1.807) is 13.8 Å². The van der Waals surface area contributed by atoms with E-state index >= 15 is 0 Å². The van der Waals surface area contributed by atoms with Crippen LogP contribution in [0.3, 0.4) is 0 Å². The van der Waals surface area contributed by atoms with E-state index in [1.165, 1.54) is 51.4 Å². The standard InChI is InChI=1S/C18H38O5S.H2O/c1-5-8-9-10-11-12-13-14-15-16-17-18(4,21-6-2)23-24(19,20)22-7-3;/h5-17H2,1-4H3;1H2. The van der Waals surface area contributed by atoms with Gasteiger partial charge in [0.05, 0.1) is 6.61 Å². The van der Waals surface area contributed by atoms with E-state index in [4.69, 9.17) is 8.92 Å². The highest BCUT2D eigenvalue weighted by molar-refractivity contribution is 7.81. The number of ether oxygens (including phenoxy) is 1. The fourth-order valence-corrected chi connectivity index (χ4v) is 3.66. The lowest BCUT2D eigenvalue weighted by Gasteiger charge is -2.28. The maximum atomic E-state index is 11.7. The van der Waals surface area contributed by atoms with Gasteiger partial charge in [0.2, 0.25) is 0 Å².